The quantitative estimate of drug-likeness (QED) is 0.401. The Kier molecular flexibility index (Phi) is 9.23. The molecule has 0 bridgehead atoms. The fourth-order valence-electron chi connectivity index (χ4n) is 5.30. The molecule has 2 atom stereocenters. The molecule has 2 aromatic rings. The molecule has 0 aliphatic carbocycles. The van der Waals surface area contributed by atoms with Gasteiger partial charge in [-0.2, -0.15) is 0 Å². The van der Waals surface area contributed by atoms with Gasteiger partial charge < -0.3 is 30.3 Å². The van der Waals surface area contributed by atoms with Crippen LogP contribution in [0.5, 0.6) is 0 Å². The molecule has 204 valence electrons. The molecule has 2 aromatic carbocycles. The summed E-state index contributed by atoms with van der Waals surface area (Å²) in [6.07, 6.45) is 2.94. The number of ether oxygens (including phenoxy) is 1. The molecule has 2 heterocycles. The van der Waals surface area contributed by atoms with Crippen LogP contribution in [0, 0.1) is 0 Å². The number of nitrogens with one attached hydrogen (secondary N) is 2. The van der Waals surface area contributed by atoms with Crippen molar-refractivity contribution >= 4 is 34.8 Å². The average Bonchev–Trinajstić information content (AvgIpc) is 2.91. The van der Waals surface area contributed by atoms with Crippen LogP contribution < -0.4 is 20.4 Å². The summed E-state index contributed by atoms with van der Waals surface area (Å²) in [7, 11) is 0. The van der Waals surface area contributed by atoms with Crippen molar-refractivity contribution in [2.24, 2.45) is 0 Å². The monoisotopic (exact) mass is 522 g/mol. The maximum absolute atomic E-state index is 12.9. The molecular formula is C29H38N4O5. The van der Waals surface area contributed by atoms with Crippen LogP contribution in [0.1, 0.15) is 67.9 Å². The van der Waals surface area contributed by atoms with Gasteiger partial charge in [0.25, 0.3) is 5.91 Å². The van der Waals surface area contributed by atoms with Crippen molar-refractivity contribution in [2.45, 2.75) is 58.0 Å². The number of morpholine rings is 1. The number of fused-ring (bicyclic) bond motifs is 1. The molecule has 0 spiro atoms. The average molecular weight is 523 g/mol. The second-order valence-electron chi connectivity index (χ2n) is 10.1. The van der Waals surface area contributed by atoms with Crippen LogP contribution in [-0.2, 0) is 14.3 Å². The Morgan fingerprint density at radius 2 is 1.76 bits per heavy atom. The second kappa shape index (κ2) is 12.8. The first-order valence-corrected chi connectivity index (χ1v) is 13.5. The van der Waals surface area contributed by atoms with Crippen LogP contribution in [0.25, 0.3) is 0 Å². The highest BCUT2D eigenvalue weighted by atomic mass is 16.5. The molecule has 38 heavy (non-hydrogen) atoms. The van der Waals surface area contributed by atoms with Crippen molar-refractivity contribution in [3.05, 3.63) is 53.6 Å². The van der Waals surface area contributed by atoms with E-state index in [-0.39, 0.29) is 30.3 Å². The number of anilines is 3. The van der Waals surface area contributed by atoms with E-state index < -0.39 is 5.97 Å². The van der Waals surface area contributed by atoms with Crippen molar-refractivity contribution in [3.63, 3.8) is 0 Å². The third-order valence-corrected chi connectivity index (χ3v) is 7.22. The number of rotatable bonds is 10. The van der Waals surface area contributed by atoms with E-state index in [1.54, 1.807) is 17.9 Å². The molecule has 9 nitrogen and oxygen atoms in total. The second-order valence-corrected chi connectivity index (χ2v) is 10.1. The van der Waals surface area contributed by atoms with E-state index in [0.717, 1.165) is 56.1 Å². The zero-order valence-electron chi connectivity index (χ0n) is 22.2. The van der Waals surface area contributed by atoms with Gasteiger partial charge in [0.05, 0.1) is 19.3 Å². The first kappa shape index (κ1) is 27.4. The predicted octanol–water partition coefficient (Wildman–Crippen LogP) is 4.20. The predicted molar refractivity (Wildman–Crippen MR) is 148 cm³/mol. The largest absolute Gasteiger partial charge is 0.481 e. The van der Waals surface area contributed by atoms with Gasteiger partial charge in [0.1, 0.15) is 0 Å². The Bertz CT molecular complexity index is 1130. The lowest BCUT2D eigenvalue weighted by Gasteiger charge is -2.39. The number of amides is 2. The van der Waals surface area contributed by atoms with Crippen molar-refractivity contribution < 1.29 is 24.2 Å². The van der Waals surface area contributed by atoms with E-state index in [4.69, 9.17) is 9.84 Å². The van der Waals surface area contributed by atoms with Gasteiger partial charge in [-0.15, -0.1) is 0 Å². The molecule has 0 aromatic heterocycles. The van der Waals surface area contributed by atoms with Gasteiger partial charge in [0.15, 0.2) is 0 Å². The molecule has 2 aliphatic heterocycles. The maximum Gasteiger partial charge on any atom is 0.303 e. The maximum atomic E-state index is 12.9. The highest BCUT2D eigenvalue weighted by Crippen LogP contribution is 2.40. The molecule has 1 fully saturated rings. The summed E-state index contributed by atoms with van der Waals surface area (Å²) in [5, 5.41) is 15.3. The van der Waals surface area contributed by atoms with E-state index in [1.807, 2.05) is 19.1 Å². The minimum atomic E-state index is -0.798. The van der Waals surface area contributed by atoms with Gasteiger partial charge in [-0.25, -0.2) is 0 Å². The lowest BCUT2D eigenvalue weighted by atomic mass is 9.90. The summed E-state index contributed by atoms with van der Waals surface area (Å²) in [6, 6.07) is 13.8. The number of carboxylic acids is 1. The standard InChI is InChI=1S/C29H38N4O5/c1-20-18-26(31-23-8-10-24(11-9-23)32-14-16-38-17-15-32)25-19-22(7-12-27(25)33(20)21(2)34)29(37)30-13-5-3-4-6-28(35)36/h7-12,19-20,26,31H,3-6,13-18H2,1-2H3,(H,30,37)(H,35,36). The van der Waals surface area contributed by atoms with Crippen LogP contribution >= 0.6 is 0 Å². The molecule has 2 aliphatic rings. The molecule has 0 radical (unpaired) electrons. The molecule has 9 heteroatoms. The SMILES string of the molecule is CC(=O)N1c2ccc(C(=O)NCCCCCC(=O)O)cc2C(Nc2ccc(N3CCOCC3)cc2)CC1C. The fourth-order valence-corrected chi connectivity index (χ4v) is 5.30. The number of benzene rings is 2. The smallest absolute Gasteiger partial charge is 0.303 e. The zero-order chi connectivity index (χ0) is 27.1. The van der Waals surface area contributed by atoms with Gasteiger partial charge in [0, 0.05) is 61.6 Å². The molecule has 1 saturated heterocycles. The Balaban J connectivity index is 1.47. The molecule has 0 saturated carbocycles. The number of carboxylic acid groups (broad SMARTS) is 1. The highest BCUT2D eigenvalue weighted by molar-refractivity contribution is 5.97. The number of hydrogen-bond donors (Lipinski definition) is 3. The van der Waals surface area contributed by atoms with Crippen LogP contribution in [0.4, 0.5) is 17.1 Å². The summed E-state index contributed by atoms with van der Waals surface area (Å²) in [5.41, 5.74) is 4.44. The number of aliphatic carboxylic acids is 1. The van der Waals surface area contributed by atoms with E-state index in [2.05, 4.69) is 39.8 Å². The van der Waals surface area contributed by atoms with Crippen LogP contribution in [0.3, 0.4) is 0 Å². The molecule has 3 N–H and O–H groups in total. The van der Waals surface area contributed by atoms with Crippen molar-refractivity contribution in [1.82, 2.24) is 5.32 Å². The van der Waals surface area contributed by atoms with Gasteiger partial charge in [-0.1, -0.05) is 6.42 Å². The van der Waals surface area contributed by atoms with Gasteiger partial charge in [-0.05, 0) is 74.2 Å². The first-order valence-electron chi connectivity index (χ1n) is 13.5. The molecule has 2 amide bonds. The Morgan fingerprint density at radius 3 is 2.45 bits per heavy atom. The fraction of sp³-hybridized carbons (Fsp3) is 0.483. The minimum absolute atomic E-state index is 0.00982. The van der Waals surface area contributed by atoms with Gasteiger partial charge in [0.2, 0.25) is 5.91 Å². The third kappa shape index (κ3) is 6.83. The zero-order valence-corrected chi connectivity index (χ0v) is 22.2. The van der Waals surface area contributed by atoms with Crippen molar-refractivity contribution in [1.29, 1.82) is 0 Å². The number of hydrogen-bond acceptors (Lipinski definition) is 6. The van der Waals surface area contributed by atoms with E-state index in [1.165, 1.54) is 5.69 Å². The molecular weight excluding hydrogens is 484 g/mol. The van der Waals surface area contributed by atoms with Gasteiger partial charge >= 0.3 is 5.97 Å². The van der Waals surface area contributed by atoms with E-state index >= 15 is 0 Å². The lowest BCUT2D eigenvalue weighted by Crippen LogP contribution is -2.43. The Hall–Kier alpha value is -3.59. The van der Waals surface area contributed by atoms with Crippen LogP contribution in [-0.4, -0.2) is 61.8 Å². The number of nitrogens with zero attached hydrogens (tertiary/aromatic N) is 2. The summed E-state index contributed by atoms with van der Waals surface area (Å²) in [5.74, 6) is -0.994. The summed E-state index contributed by atoms with van der Waals surface area (Å²) in [6.45, 7) is 7.36. The first-order chi connectivity index (χ1) is 18.3. The van der Waals surface area contributed by atoms with Crippen molar-refractivity contribution in [2.75, 3.05) is 48.0 Å². The lowest BCUT2D eigenvalue weighted by molar-refractivity contribution is -0.137. The highest BCUT2D eigenvalue weighted by Gasteiger charge is 2.33. The number of unbranched alkanes of at least 4 members (excludes halogenated alkanes) is 2. The normalized spacial score (nSPS) is 19.0. The summed E-state index contributed by atoms with van der Waals surface area (Å²) >= 11 is 0. The summed E-state index contributed by atoms with van der Waals surface area (Å²) in [4.78, 5) is 40.1. The van der Waals surface area contributed by atoms with Gasteiger partial charge in [-0.3, -0.25) is 14.4 Å². The third-order valence-electron chi connectivity index (χ3n) is 7.22. The van der Waals surface area contributed by atoms with Crippen LogP contribution in [0.2, 0.25) is 0 Å². The Morgan fingerprint density at radius 1 is 1.03 bits per heavy atom. The number of carbonyl (C=O) groups is 3. The Labute approximate surface area is 224 Å². The number of carbonyl (C=O) groups excluding carboxylic acids is 2. The minimum Gasteiger partial charge on any atom is -0.481 e. The summed E-state index contributed by atoms with van der Waals surface area (Å²) < 4.78 is 5.46. The molecule has 2 unspecified atom stereocenters. The van der Waals surface area contributed by atoms with E-state index in [9.17, 15) is 14.4 Å². The topological polar surface area (TPSA) is 111 Å². The molecule has 4 rings (SSSR count). The van der Waals surface area contributed by atoms with E-state index in [0.29, 0.717) is 24.9 Å². The van der Waals surface area contributed by atoms with Crippen LogP contribution in [0.15, 0.2) is 42.5 Å². The van der Waals surface area contributed by atoms with Crippen molar-refractivity contribution in [3.8, 4) is 0 Å².